The van der Waals surface area contributed by atoms with E-state index in [1.807, 2.05) is 32.1 Å². The first kappa shape index (κ1) is 14.3. The first-order chi connectivity index (χ1) is 8.41. The SMILES string of the molecule is CN(C)CCCN(C)c1ccc(N)cc1C(N)=O. The van der Waals surface area contributed by atoms with Gasteiger partial charge >= 0.3 is 0 Å². The molecule has 0 radical (unpaired) electrons. The molecular formula is C13H22N4O. The number of hydrogen-bond donors (Lipinski definition) is 2. The predicted molar refractivity (Wildman–Crippen MR) is 75.8 cm³/mol. The summed E-state index contributed by atoms with van der Waals surface area (Å²) in [4.78, 5) is 15.6. The van der Waals surface area contributed by atoms with Gasteiger partial charge in [0.05, 0.1) is 5.56 Å². The molecule has 0 saturated heterocycles. The van der Waals surface area contributed by atoms with Crippen LogP contribution >= 0.6 is 0 Å². The minimum Gasteiger partial charge on any atom is -0.399 e. The van der Waals surface area contributed by atoms with Gasteiger partial charge in [-0.05, 0) is 45.3 Å². The Balaban J connectivity index is 2.78. The quantitative estimate of drug-likeness (QED) is 0.731. The smallest absolute Gasteiger partial charge is 0.250 e. The standard InChI is InChI=1S/C13H22N4O/c1-16(2)7-4-8-17(3)12-6-5-10(14)9-11(12)13(15)18/h5-6,9H,4,7-8,14H2,1-3H3,(H2,15,18). The van der Waals surface area contributed by atoms with Crippen molar-refractivity contribution >= 4 is 17.3 Å². The normalized spacial score (nSPS) is 10.7. The Hall–Kier alpha value is -1.75. The van der Waals surface area contributed by atoms with E-state index < -0.39 is 5.91 Å². The number of nitrogens with two attached hydrogens (primary N) is 2. The third-order valence-corrected chi connectivity index (χ3v) is 2.80. The van der Waals surface area contributed by atoms with Crippen LogP contribution in [0.5, 0.6) is 0 Å². The van der Waals surface area contributed by atoms with Crippen LogP contribution < -0.4 is 16.4 Å². The van der Waals surface area contributed by atoms with Gasteiger partial charge in [-0.15, -0.1) is 0 Å². The Morgan fingerprint density at radius 2 is 1.89 bits per heavy atom. The lowest BCUT2D eigenvalue weighted by atomic mass is 10.1. The van der Waals surface area contributed by atoms with Crippen molar-refractivity contribution < 1.29 is 4.79 Å². The molecule has 0 saturated carbocycles. The van der Waals surface area contributed by atoms with Crippen molar-refractivity contribution in [2.45, 2.75) is 6.42 Å². The number of nitrogen functional groups attached to an aromatic ring is 1. The predicted octanol–water partition coefficient (Wildman–Crippen LogP) is 0.756. The van der Waals surface area contributed by atoms with Crippen LogP contribution in [0.25, 0.3) is 0 Å². The minimum absolute atomic E-state index is 0.447. The zero-order chi connectivity index (χ0) is 13.7. The molecule has 0 unspecified atom stereocenters. The van der Waals surface area contributed by atoms with Gasteiger partial charge < -0.3 is 21.3 Å². The highest BCUT2D eigenvalue weighted by Crippen LogP contribution is 2.22. The highest BCUT2D eigenvalue weighted by atomic mass is 16.1. The van der Waals surface area contributed by atoms with E-state index in [-0.39, 0.29) is 0 Å². The van der Waals surface area contributed by atoms with Gasteiger partial charge in [-0.25, -0.2) is 0 Å². The number of primary amides is 1. The molecule has 0 aliphatic rings. The van der Waals surface area contributed by atoms with E-state index in [0.29, 0.717) is 11.3 Å². The average molecular weight is 250 g/mol. The molecule has 0 aliphatic heterocycles. The number of carbonyl (C=O) groups is 1. The second-order valence-electron chi connectivity index (χ2n) is 4.72. The Morgan fingerprint density at radius 1 is 1.22 bits per heavy atom. The molecule has 1 amide bonds. The maximum atomic E-state index is 11.4. The van der Waals surface area contributed by atoms with Crippen molar-refractivity contribution in [3.63, 3.8) is 0 Å². The number of rotatable bonds is 6. The lowest BCUT2D eigenvalue weighted by Crippen LogP contribution is -2.26. The van der Waals surface area contributed by atoms with Crippen LogP contribution in [-0.2, 0) is 0 Å². The third-order valence-electron chi connectivity index (χ3n) is 2.80. The fourth-order valence-corrected chi connectivity index (χ4v) is 1.83. The van der Waals surface area contributed by atoms with Crippen molar-refractivity contribution in [3.05, 3.63) is 23.8 Å². The number of benzene rings is 1. The maximum Gasteiger partial charge on any atom is 0.250 e. The number of hydrogen-bond acceptors (Lipinski definition) is 4. The number of anilines is 2. The van der Waals surface area contributed by atoms with Crippen LogP contribution in [0.2, 0.25) is 0 Å². The van der Waals surface area contributed by atoms with Gasteiger partial charge in [-0.1, -0.05) is 0 Å². The van der Waals surface area contributed by atoms with Crippen molar-refractivity contribution in [1.29, 1.82) is 0 Å². The molecule has 1 aromatic carbocycles. The monoisotopic (exact) mass is 250 g/mol. The topological polar surface area (TPSA) is 75.6 Å². The second-order valence-corrected chi connectivity index (χ2v) is 4.72. The van der Waals surface area contributed by atoms with Crippen molar-refractivity contribution in [1.82, 2.24) is 4.90 Å². The molecule has 5 nitrogen and oxygen atoms in total. The van der Waals surface area contributed by atoms with Gasteiger partial charge in [0, 0.05) is 25.0 Å². The van der Waals surface area contributed by atoms with Gasteiger partial charge in [-0.2, -0.15) is 0 Å². The first-order valence-electron chi connectivity index (χ1n) is 5.97. The van der Waals surface area contributed by atoms with Gasteiger partial charge in [-0.3, -0.25) is 4.79 Å². The van der Waals surface area contributed by atoms with E-state index in [1.165, 1.54) is 0 Å². The van der Waals surface area contributed by atoms with Crippen LogP contribution in [0.4, 0.5) is 11.4 Å². The zero-order valence-corrected chi connectivity index (χ0v) is 11.3. The van der Waals surface area contributed by atoms with Gasteiger partial charge in [0.25, 0.3) is 5.91 Å². The summed E-state index contributed by atoms with van der Waals surface area (Å²) in [5.41, 5.74) is 12.9. The lowest BCUT2D eigenvalue weighted by molar-refractivity contribution is 0.100. The average Bonchev–Trinajstić information content (AvgIpc) is 2.28. The Morgan fingerprint density at radius 3 is 2.44 bits per heavy atom. The van der Waals surface area contributed by atoms with Crippen LogP contribution in [-0.4, -0.2) is 45.0 Å². The van der Waals surface area contributed by atoms with E-state index in [0.717, 1.165) is 25.2 Å². The molecule has 5 heteroatoms. The highest BCUT2D eigenvalue weighted by molar-refractivity contribution is 5.99. The highest BCUT2D eigenvalue weighted by Gasteiger charge is 2.12. The summed E-state index contributed by atoms with van der Waals surface area (Å²) in [6, 6.07) is 5.25. The molecule has 1 rings (SSSR count). The molecule has 0 fully saturated rings. The molecule has 4 N–H and O–H groups in total. The Kier molecular flexibility index (Phi) is 4.97. The molecule has 0 atom stereocenters. The summed E-state index contributed by atoms with van der Waals surface area (Å²) in [7, 11) is 6.03. The molecule has 1 aromatic rings. The Labute approximate surface area is 108 Å². The third kappa shape index (κ3) is 3.92. The molecule has 0 heterocycles. The maximum absolute atomic E-state index is 11.4. The Bertz CT molecular complexity index is 417. The summed E-state index contributed by atoms with van der Waals surface area (Å²) < 4.78 is 0. The molecule has 18 heavy (non-hydrogen) atoms. The van der Waals surface area contributed by atoms with Crippen LogP contribution in [0.3, 0.4) is 0 Å². The van der Waals surface area contributed by atoms with Gasteiger partial charge in [0.15, 0.2) is 0 Å². The van der Waals surface area contributed by atoms with E-state index in [9.17, 15) is 4.79 Å². The molecule has 100 valence electrons. The van der Waals surface area contributed by atoms with Crippen LogP contribution in [0.1, 0.15) is 16.8 Å². The van der Waals surface area contributed by atoms with Gasteiger partial charge in [0.2, 0.25) is 0 Å². The number of amides is 1. The largest absolute Gasteiger partial charge is 0.399 e. The molecule has 0 aromatic heterocycles. The number of carbonyl (C=O) groups excluding carboxylic acids is 1. The van der Waals surface area contributed by atoms with E-state index in [2.05, 4.69) is 4.90 Å². The summed E-state index contributed by atoms with van der Waals surface area (Å²) in [6.07, 6.45) is 1.02. The summed E-state index contributed by atoms with van der Waals surface area (Å²) in [6.45, 7) is 1.87. The van der Waals surface area contributed by atoms with E-state index >= 15 is 0 Å². The van der Waals surface area contributed by atoms with Crippen LogP contribution in [0, 0.1) is 0 Å². The molecule has 0 bridgehead atoms. The van der Waals surface area contributed by atoms with E-state index in [1.54, 1.807) is 12.1 Å². The van der Waals surface area contributed by atoms with Crippen LogP contribution in [0.15, 0.2) is 18.2 Å². The fraction of sp³-hybridized carbons (Fsp3) is 0.462. The summed E-state index contributed by atoms with van der Waals surface area (Å²) >= 11 is 0. The lowest BCUT2D eigenvalue weighted by Gasteiger charge is -2.22. The van der Waals surface area contributed by atoms with Crippen molar-refractivity contribution in [2.24, 2.45) is 5.73 Å². The van der Waals surface area contributed by atoms with E-state index in [4.69, 9.17) is 11.5 Å². The first-order valence-corrected chi connectivity index (χ1v) is 5.97. The van der Waals surface area contributed by atoms with Crippen molar-refractivity contribution in [2.75, 3.05) is 44.9 Å². The van der Waals surface area contributed by atoms with Gasteiger partial charge in [0.1, 0.15) is 0 Å². The minimum atomic E-state index is -0.447. The number of nitrogens with zero attached hydrogens (tertiary/aromatic N) is 2. The molecule has 0 spiro atoms. The zero-order valence-electron chi connectivity index (χ0n) is 11.3. The summed E-state index contributed by atoms with van der Waals surface area (Å²) in [5.74, 6) is -0.447. The fourth-order valence-electron chi connectivity index (χ4n) is 1.83. The molecule has 0 aliphatic carbocycles. The molecular weight excluding hydrogens is 228 g/mol. The summed E-state index contributed by atoms with van der Waals surface area (Å²) in [5, 5.41) is 0. The van der Waals surface area contributed by atoms with Crippen molar-refractivity contribution in [3.8, 4) is 0 Å². The second kappa shape index (κ2) is 6.26.